The molecule has 0 radical (unpaired) electrons. The first kappa shape index (κ1) is 92.1. The molecule has 1 saturated heterocycles. The molecule has 0 aliphatic carbocycles. The number of hydrogen-bond acceptors (Lipinski definition) is 10. The molecule has 1 fully saturated rings. The predicted molar refractivity (Wildman–Crippen MR) is 412 cm³/mol. The fourth-order valence-electron chi connectivity index (χ4n) is 13.0. The monoisotopic (exact) mass is 1360 g/mol. The van der Waals surface area contributed by atoms with E-state index >= 15 is 0 Å². The number of aliphatic hydroxyl groups is 5. The zero-order valence-electron chi connectivity index (χ0n) is 63.3. The van der Waals surface area contributed by atoms with Crippen LogP contribution in [-0.2, 0) is 23.8 Å². The molecule has 0 spiro atoms. The number of hydrogen-bond donors (Lipinski definition) is 6. The van der Waals surface area contributed by atoms with Crippen LogP contribution in [0.15, 0.2) is 72.9 Å². The second kappa shape index (κ2) is 74.3. The molecule has 0 aromatic heterocycles. The van der Waals surface area contributed by atoms with Crippen molar-refractivity contribution in [1.29, 1.82) is 0 Å². The Morgan fingerprint density at radius 3 is 1.10 bits per heavy atom. The molecule has 1 heterocycles. The fourth-order valence-corrected chi connectivity index (χ4v) is 13.0. The van der Waals surface area contributed by atoms with E-state index in [2.05, 4.69) is 79.9 Å². The molecule has 1 rings (SSSR count). The van der Waals surface area contributed by atoms with Crippen LogP contribution in [0.25, 0.3) is 0 Å². The number of carbonyl (C=O) groups excluding carboxylic acids is 2. The van der Waals surface area contributed by atoms with Gasteiger partial charge in [-0.05, 0) is 109 Å². The van der Waals surface area contributed by atoms with Crippen molar-refractivity contribution in [2.75, 3.05) is 19.8 Å². The highest BCUT2D eigenvalue weighted by atomic mass is 16.7. The Bertz CT molecular complexity index is 1850. The average Bonchev–Trinajstić information content (AvgIpc) is 0.924. The maximum absolute atomic E-state index is 13.1. The van der Waals surface area contributed by atoms with E-state index in [1.807, 2.05) is 6.08 Å². The van der Waals surface area contributed by atoms with Gasteiger partial charge in [0.1, 0.15) is 24.4 Å². The molecule has 0 aromatic carbocycles. The highest BCUT2D eigenvalue weighted by molar-refractivity contribution is 5.76. The van der Waals surface area contributed by atoms with Gasteiger partial charge in [-0.1, -0.05) is 350 Å². The molecule has 1 aliphatic rings. The molecular weight excluding hydrogens is 1210 g/mol. The number of carbonyl (C=O) groups is 2. The Kier molecular flexibility index (Phi) is 70.5. The molecule has 11 nitrogen and oxygen atoms in total. The Hall–Kier alpha value is -2.90. The van der Waals surface area contributed by atoms with E-state index in [1.165, 1.54) is 302 Å². The molecule has 11 heteroatoms. The lowest BCUT2D eigenvalue weighted by molar-refractivity contribution is -0.302. The van der Waals surface area contributed by atoms with Gasteiger partial charge in [-0.3, -0.25) is 9.59 Å². The zero-order valence-corrected chi connectivity index (χ0v) is 63.3. The van der Waals surface area contributed by atoms with Gasteiger partial charge in [0.25, 0.3) is 0 Å². The molecule has 7 unspecified atom stereocenters. The summed E-state index contributed by atoms with van der Waals surface area (Å²) in [6.07, 6.45) is 92.5. The highest BCUT2D eigenvalue weighted by Gasteiger charge is 2.44. The Morgan fingerprint density at radius 1 is 0.381 bits per heavy atom. The van der Waals surface area contributed by atoms with E-state index in [0.717, 1.165) is 70.6 Å². The second-order valence-electron chi connectivity index (χ2n) is 28.8. The summed E-state index contributed by atoms with van der Waals surface area (Å²) in [5, 5.41) is 54.4. The van der Waals surface area contributed by atoms with E-state index in [4.69, 9.17) is 14.2 Å². The van der Waals surface area contributed by atoms with Crippen LogP contribution in [0.3, 0.4) is 0 Å². The van der Waals surface area contributed by atoms with Crippen LogP contribution in [0.1, 0.15) is 399 Å². The van der Waals surface area contributed by atoms with Crippen molar-refractivity contribution in [3.8, 4) is 0 Å². The van der Waals surface area contributed by atoms with Gasteiger partial charge in [0.15, 0.2) is 6.29 Å². The molecule has 6 N–H and O–H groups in total. The minimum absolute atomic E-state index is 0.0108. The summed E-state index contributed by atoms with van der Waals surface area (Å²) in [6.45, 7) is 4.32. The molecular formula is C86H157NO10. The average molecular weight is 1370 g/mol. The van der Waals surface area contributed by atoms with E-state index < -0.39 is 49.5 Å². The highest BCUT2D eigenvalue weighted by Crippen LogP contribution is 2.24. The van der Waals surface area contributed by atoms with Crippen molar-refractivity contribution in [3.63, 3.8) is 0 Å². The summed E-state index contributed by atoms with van der Waals surface area (Å²) >= 11 is 0. The third-order valence-electron chi connectivity index (χ3n) is 19.5. The topological polar surface area (TPSA) is 175 Å². The van der Waals surface area contributed by atoms with Crippen LogP contribution >= 0.6 is 0 Å². The molecule has 0 bridgehead atoms. The van der Waals surface area contributed by atoms with Gasteiger partial charge in [-0.2, -0.15) is 0 Å². The van der Waals surface area contributed by atoms with Crippen molar-refractivity contribution in [1.82, 2.24) is 5.32 Å². The molecule has 1 amide bonds. The van der Waals surface area contributed by atoms with Gasteiger partial charge < -0.3 is 45.1 Å². The first-order chi connectivity index (χ1) is 47.7. The number of ether oxygens (including phenoxy) is 3. The van der Waals surface area contributed by atoms with Gasteiger partial charge in [-0.15, -0.1) is 0 Å². The third kappa shape index (κ3) is 62.6. The molecule has 566 valence electrons. The summed E-state index contributed by atoms with van der Waals surface area (Å²) in [5.41, 5.74) is 0. The van der Waals surface area contributed by atoms with Crippen molar-refractivity contribution < 1.29 is 49.3 Å². The maximum atomic E-state index is 13.1. The van der Waals surface area contributed by atoms with Crippen LogP contribution in [0.5, 0.6) is 0 Å². The van der Waals surface area contributed by atoms with Crippen molar-refractivity contribution >= 4 is 11.9 Å². The number of rotatable bonds is 74. The van der Waals surface area contributed by atoms with Gasteiger partial charge >= 0.3 is 5.97 Å². The predicted octanol–water partition coefficient (Wildman–Crippen LogP) is 23.0. The molecule has 97 heavy (non-hydrogen) atoms. The van der Waals surface area contributed by atoms with Crippen LogP contribution in [0.4, 0.5) is 0 Å². The molecule has 7 atom stereocenters. The summed E-state index contributed by atoms with van der Waals surface area (Å²) in [5.74, 6) is -0.178. The lowest BCUT2D eigenvalue weighted by Crippen LogP contribution is -2.60. The number of aliphatic hydroxyl groups excluding tert-OH is 5. The summed E-state index contributed by atoms with van der Waals surface area (Å²) in [4.78, 5) is 25.2. The van der Waals surface area contributed by atoms with Gasteiger partial charge in [0.2, 0.25) is 5.91 Å². The number of unbranched alkanes of at least 4 members (excludes halogenated alkanes) is 50. The largest absolute Gasteiger partial charge is 0.466 e. The first-order valence-corrected chi connectivity index (χ1v) is 41.7. The molecule has 1 aliphatic heterocycles. The molecule has 0 aromatic rings. The Balaban J connectivity index is 1.87. The van der Waals surface area contributed by atoms with E-state index in [-0.39, 0.29) is 18.5 Å². The summed E-state index contributed by atoms with van der Waals surface area (Å²) in [7, 11) is 0. The summed E-state index contributed by atoms with van der Waals surface area (Å²) in [6, 6.07) is -0.826. The SMILES string of the molecule is CCCCC/C=C\C/C=C\CCCCCCCCCCCC(=O)OCCCCCCCCCCCCCCCCC/C=C\C/C=C\CCCCCCCCCCCCCCCCCCCC(=O)NC(COC1OC(CO)C(O)C(O)C1O)C(O)/C=C/CC/C=C/CCCCCCC. The first-order valence-electron chi connectivity index (χ1n) is 41.7. The van der Waals surface area contributed by atoms with Gasteiger partial charge in [0, 0.05) is 12.8 Å². The Labute approximate surface area is 598 Å². The van der Waals surface area contributed by atoms with Crippen molar-refractivity contribution in [3.05, 3.63) is 72.9 Å². The Morgan fingerprint density at radius 2 is 0.701 bits per heavy atom. The van der Waals surface area contributed by atoms with E-state index in [9.17, 15) is 35.1 Å². The van der Waals surface area contributed by atoms with Crippen LogP contribution in [0, 0.1) is 0 Å². The lowest BCUT2D eigenvalue weighted by Gasteiger charge is -2.40. The van der Waals surface area contributed by atoms with Crippen LogP contribution in [0.2, 0.25) is 0 Å². The maximum Gasteiger partial charge on any atom is 0.305 e. The summed E-state index contributed by atoms with van der Waals surface area (Å²) < 4.78 is 16.8. The van der Waals surface area contributed by atoms with E-state index in [1.54, 1.807) is 6.08 Å². The minimum Gasteiger partial charge on any atom is -0.466 e. The smallest absolute Gasteiger partial charge is 0.305 e. The van der Waals surface area contributed by atoms with E-state index in [0.29, 0.717) is 19.4 Å². The quantitative estimate of drug-likeness (QED) is 0.0195. The molecule has 0 saturated carbocycles. The zero-order chi connectivity index (χ0) is 70.1. The van der Waals surface area contributed by atoms with Gasteiger partial charge in [-0.25, -0.2) is 0 Å². The number of nitrogens with one attached hydrogen (secondary N) is 1. The number of amides is 1. The van der Waals surface area contributed by atoms with Gasteiger partial charge in [0.05, 0.1) is 32.0 Å². The van der Waals surface area contributed by atoms with Crippen LogP contribution in [-0.4, -0.2) is 100 Å². The normalized spacial score (nSPS) is 17.6. The van der Waals surface area contributed by atoms with Crippen molar-refractivity contribution in [2.24, 2.45) is 0 Å². The van der Waals surface area contributed by atoms with Crippen molar-refractivity contribution in [2.45, 2.75) is 442 Å². The number of allylic oxidation sites excluding steroid dienone is 11. The minimum atomic E-state index is -1.58. The van der Waals surface area contributed by atoms with Crippen LogP contribution < -0.4 is 5.32 Å². The standard InChI is InChI=1S/C86H157NO10/c1-3-5-7-9-11-13-15-16-17-18-40-44-47-50-54-58-62-66-70-74-82(91)95-75-71-67-63-59-55-51-48-45-42-39-37-35-33-31-29-27-25-23-21-19-20-22-24-26-28-30-32-34-36-38-41-43-46-49-53-57-61-65-69-73-81(90)87-78(77-96-86-85(94)84(93)83(92)80(76-88)97-86)79(89)72-68-64-60-56-52-14-12-10-8-6-4-2/h11,13,16-17,19-20,23,25,52,56,68,72,78-80,83-86,88-89,92-94H,3-10,12,14-15,18,21-22,24,26-51,53-55,57-67,69-71,73-77H2,1-2H3,(H,87,90)/b13-11-,17-16-,20-19-,25-23-,56-52+,72-68+. The third-order valence-corrected chi connectivity index (χ3v) is 19.5. The lowest BCUT2D eigenvalue weighted by atomic mass is 9.99. The fraction of sp³-hybridized carbons (Fsp3) is 0.837. The second-order valence-corrected chi connectivity index (χ2v) is 28.8. The number of esters is 1.